The van der Waals surface area contributed by atoms with Crippen molar-refractivity contribution in [2.24, 2.45) is 0 Å². The Morgan fingerprint density at radius 2 is 2.41 bits per heavy atom. The molecular formula is C10H16N4O3. The Bertz CT molecular complexity index is 379. The third-order valence-corrected chi connectivity index (χ3v) is 2.55. The van der Waals surface area contributed by atoms with Crippen LogP contribution in [0.1, 0.15) is 11.7 Å². The van der Waals surface area contributed by atoms with Gasteiger partial charge in [0.05, 0.1) is 19.1 Å². The monoisotopic (exact) mass is 240 g/mol. The number of methoxy groups -OCH3 is 1. The summed E-state index contributed by atoms with van der Waals surface area (Å²) in [5.74, 6) is 1.07. The van der Waals surface area contributed by atoms with E-state index in [0.29, 0.717) is 37.7 Å². The lowest BCUT2D eigenvalue weighted by atomic mass is 10.1. The van der Waals surface area contributed by atoms with Gasteiger partial charge in [0, 0.05) is 26.6 Å². The van der Waals surface area contributed by atoms with Crippen molar-refractivity contribution in [1.29, 1.82) is 0 Å². The zero-order valence-corrected chi connectivity index (χ0v) is 9.73. The minimum absolute atomic E-state index is 0.0205. The Labute approximate surface area is 98.9 Å². The summed E-state index contributed by atoms with van der Waals surface area (Å²) >= 11 is 0. The average molecular weight is 240 g/mol. The molecule has 1 aromatic heterocycles. The molecule has 0 spiro atoms. The zero-order chi connectivity index (χ0) is 12.1. The minimum atomic E-state index is -0.278. The van der Waals surface area contributed by atoms with E-state index < -0.39 is 0 Å². The molecule has 1 aromatic rings. The van der Waals surface area contributed by atoms with E-state index >= 15 is 0 Å². The first-order chi connectivity index (χ1) is 8.29. The molecule has 1 amide bonds. The van der Waals surface area contributed by atoms with Crippen molar-refractivity contribution in [2.45, 2.75) is 18.9 Å². The van der Waals surface area contributed by atoms with Gasteiger partial charge in [0.1, 0.15) is 0 Å². The molecule has 1 unspecified atom stereocenters. The molecule has 2 heterocycles. The summed E-state index contributed by atoms with van der Waals surface area (Å²) in [7, 11) is 1.62. The van der Waals surface area contributed by atoms with E-state index in [4.69, 9.17) is 9.26 Å². The highest BCUT2D eigenvalue weighted by Crippen LogP contribution is 2.04. The van der Waals surface area contributed by atoms with Crippen LogP contribution < -0.4 is 10.6 Å². The van der Waals surface area contributed by atoms with E-state index in [1.54, 1.807) is 7.11 Å². The molecule has 0 bridgehead atoms. The highest BCUT2D eigenvalue weighted by atomic mass is 16.5. The number of amides is 1. The van der Waals surface area contributed by atoms with Gasteiger partial charge in [-0.05, 0) is 0 Å². The number of nitrogens with one attached hydrogen (secondary N) is 2. The molecule has 94 valence electrons. The lowest BCUT2D eigenvalue weighted by Gasteiger charge is -2.21. The molecular weight excluding hydrogens is 224 g/mol. The second-order valence-electron chi connectivity index (χ2n) is 3.85. The smallest absolute Gasteiger partial charge is 0.237 e. The van der Waals surface area contributed by atoms with Gasteiger partial charge in [-0.15, -0.1) is 0 Å². The Morgan fingerprint density at radius 3 is 3.18 bits per heavy atom. The van der Waals surface area contributed by atoms with Crippen molar-refractivity contribution >= 4 is 5.91 Å². The molecule has 1 aliphatic heterocycles. The van der Waals surface area contributed by atoms with Crippen LogP contribution in [0.3, 0.4) is 0 Å². The summed E-state index contributed by atoms with van der Waals surface area (Å²) in [6.07, 6.45) is 1.04. The number of hydrogen-bond acceptors (Lipinski definition) is 6. The van der Waals surface area contributed by atoms with Gasteiger partial charge in [-0.25, -0.2) is 0 Å². The number of ether oxygens (including phenoxy) is 1. The lowest BCUT2D eigenvalue weighted by Crippen LogP contribution is -2.53. The van der Waals surface area contributed by atoms with Crippen LogP contribution in [0.4, 0.5) is 0 Å². The number of nitrogens with zero attached hydrogens (tertiary/aromatic N) is 2. The second-order valence-corrected chi connectivity index (χ2v) is 3.85. The molecule has 0 aliphatic carbocycles. The highest BCUT2D eigenvalue weighted by molar-refractivity contribution is 5.82. The lowest BCUT2D eigenvalue weighted by molar-refractivity contribution is -0.124. The van der Waals surface area contributed by atoms with Crippen LogP contribution in [-0.2, 0) is 22.4 Å². The molecule has 2 N–H and O–H groups in total. The molecule has 1 atom stereocenters. The summed E-state index contributed by atoms with van der Waals surface area (Å²) in [5.41, 5.74) is 0. The van der Waals surface area contributed by atoms with Crippen LogP contribution in [0, 0.1) is 0 Å². The van der Waals surface area contributed by atoms with Crippen LogP contribution in [0.25, 0.3) is 0 Å². The molecule has 0 radical (unpaired) electrons. The van der Waals surface area contributed by atoms with Crippen LogP contribution in [0.2, 0.25) is 0 Å². The van der Waals surface area contributed by atoms with Crippen molar-refractivity contribution in [2.75, 3.05) is 26.8 Å². The predicted octanol–water partition coefficient (Wildman–Crippen LogP) is -1.11. The molecule has 17 heavy (non-hydrogen) atoms. The standard InChI is InChI=1S/C10H16N4O3/c1-16-5-2-8-13-9(17-14-8)6-7-10(15)12-4-3-11-7/h7,11H,2-6H2,1H3,(H,12,15). The third-order valence-electron chi connectivity index (χ3n) is 2.55. The fraction of sp³-hybridized carbons (Fsp3) is 0.700. The van der Waals surface area contributed by atoms with Gasteiger partial charge in [0.25, 0.3) is 0 Å². The van der Waals surface area contributed by atoms with E-state index in [0.717, 1.165) is 6.54 Å². The van der Waals surface area contributed by atoms with Gasteiger partial charge < -0.3 is 19.9 Å². The van der Waals surface area contributed by atoms with E-state index in [9.17, 15) is 4.79 Å². The summed E-state index contributed by atoms with van der Waals surface area (Å²) in [6, 6.07) is -0.278. The van der Waals surface area contributed by atoms with E-state index in [1.807, 2.05) is 0 Å². The van der Waals surface area contributed by atoms with Gasteiger partial charge in [0.2, 0.25) is 11.8 Å². The number of aromatic nitrogens is 2. The molecule has 7 nitrogen and oxygen atoms in total. The maximum atomic E-state index is 11.5. The molecule has 1 aliphatic rings. The quantitative estimate of drug-likeness (QED) is 0.678. The number of rotatable bonds is 5. The first-order valence-corrected chi connectivity index (χ1v) is 5.61. The van der Waals surface area contributed by atoms with Crippen molar-refractivity contribution in [1.82, 2.24) is 20.8 Å². The summed E-state index contributed by atoms with van der Waals surface area (Å²) in [5, 5.41) is 9.71. The fourth-order valence-corrected chi connectivity index (χ4v) is 1.66. The number of carbonyl (C=O) groups excluding carboxylic acids is 1. The van der Waals surface area contributed by atoms with Gasteiger partial charge >= 0.3 is 0 Å². The minimum Gasteiger partial charge on any atom is -0.384 e. The Balaban J connectivity index is 1.89. The maximum absolute atomic E-state index is 11.5. The summed E-state index contributed by atoms with van der Waals surface area (Å²) < 4.78 is 10.0. The van der Waals surface area contributed by atoms with Gasteiger partial charge in [0.15, 0.2) is 5.82 Å². The number of piperazine rings is 1. The van der Waals surface area contributed by atoms with E-state index in [1.165, 1.54) is 0 Å². The summed E-state index contributed by atoms with van der Waals surface area (Å²) in [6.45, 7) is 1.99. The van der Waals surface area contributed by atoms with Crippen molar-refractivity contribution in [3.8, 4) is 0 Å². The number of hydrogen-bond donors (Lipinski definition) is 2. The van der Waals surface area contributed by atoms with Crippen LogP contribution in [0.15, 0.2) is 4.52 Å². The van der Waals surface area contributed by atoms with Crippen molar-refractivity contribution in [3.05, 3.63) is 11.7 Å². The van der Waals surface area contributed by atoms with Crippen LogP contribution in [-0.4, -0.2) is 48.9 Å². The Hall–Kier alpha value is -1.47. The van der Waals surface area contributed by atoms with Gasteiger partial charge in [-0.1, -0.05) is 5.16 Å². The second kappa shape index (κ2) is 5.74. The van der Waals surface area contributed by atoms with Crippen molar-refractivity contribution in [3.63, 3.8) is 0 Å². The van der Waals surface area contributed by atoms with Crippen LogP contribution in [0.5, 0.6) is 0 Å². The number of carbonyl (C=O) groups is 1. The topological polar surface area (TPSA) is 89.3 Å². The maximum Gasteiger partial charge on any atom is 0.237 e. The fourth-order valence-electron chi connectivity index (χ4n) is 1.66. The van der Waals surface area contributed by atoms with Crippen LogP contribution >= 0.6 is 0 Å². The molecule has 2 rings (SSSR count). The molecule has 0 aromatic carbocycles. The van der Waals surface area contributed by atoms with E-state index in [-0.39, 0.29) is 11.9 Å². The zero-order valence-electron chi connectivity index (χ0n) is 9.73. The molecule has 1 fully saturated rings. The molecule has 0 saturated carbocycles. The molecule has 7 heteroatoms. The van der Waals surface area contributed by atoms with E-state index in [2.05, 4.69) is 20.8 Å². The predicted molar refractivity (Wildman–Crippen MR) is 58.4 cm³/mol. The first kappa shape index (κ1) is 12.0. The SMILES string of the molecule is COCCc1noc(CC2NCCNC2=O)n1. The largest absolute Gasteiger partial charge is 0.384 e. The first-order valence-electron chi connectivity index (χ1n) is 5.61. The molecule has 1 saturated heterocycles. The van der Waals surface area contributed by atoms with Gasteiger partial charge in [-0.2, -0.15) is 4.98 Å². The third kappa shape index (κ3) is 3.24. The van der Waals surface area contributed by atoms with Gasteiger partial charge in [-0.3, -0.25) is 4.79 Å². The highest BCUT2D eigenvalue weighted by Gasteiger charge is 2.23. The normalized spacial score (nSPS) is 20.3. The average Bonchev–Trinajstić information content (AvgIpc) is 2.77. The van der Waals surface area contributed by atoms with Crippen molar-refractivity contribution < 1.29 is 14.1 Å². The summed E-state index contributed by atoms with van der Waals surface area (Å²) in [4.78, 5) is 15.7. The Morgan fingerprint density at radius 1 is 1.53 bits per heavy atom. The Kier molecular flexibility index (Phi) is 4.05.